The second-order valence-corrected chi connectivity index (χ2v) is 7.62. The van der Waals surface area contributed by atoms with Crippen molar-refractivity contribution in [2.45, 2.75) is 13.8 Å². The Morgan fingerprint density at radius 1 is 1.00 bits per heavy atom. The Balaban J connectivity index is 1.93. The predicted octanol–water partition coefficient (Wildman–Crippen LogP) is 4.89. The highest BCUT2D eigenvalue weighted by atomic mass is 32.1. The second kappa shape index (κ2) is 10.1. The van der Waals surface area contributed by atoms with Crippen LogP contribution in [0.3, 0.4) is 0 Å². The minimum atomic E-state index is -0.670. The van der Waals surface area contributed by atoms with Crippen molar-refractivity contribution in [2.75, 3.05) is 24.4 Å². The summed E-state index contributed by atoms with van der Waals surface area (Å²) in [4.78, 5) is 38.3. The predicted molar refractivity (Wildman–Crippen MR) is 120 cm³/mol. The summed E-state index contributed by atoms with van der Waals surface area (Å²) in [6, 6.07) is 12.2. The average Bonchev–Trinajstić information content (AvgIpc) is 3.11. The molecule has 0 unspecified atom stereocenters. The first kappa shape index (κ1) is 23.0. The number of thiophene rings is 1. The zero-order chi connectivity index (χ0) is 23.3. The van der Waals surface area contributed by atoms with Crippen LogP contribution in [0.5, 0.6) is 5.75 Å². The Bertz CT molecular complexity index is 1160. The van der Waals surface area contributed by atoms with Crippen molar-refractivity contribution < 1.29 is 28.2 Å². The molecule has 2 amide bonds. The first-order valence-electron chi connectivity index (χ1n) is 9.67. The lowest BCUT2D eigenvalue weighted by atomic mass is 10.1. The van der Waals surface area contributed by atoms with E-state index in [1.165, 1.54) is 25.3 Å². The largest absolute Gasteiger partial charge is 0.497 e. The molecule has 2 N–H and O–H groups in total. The third kappa shape index (κ3) is 4.94. The van der Waals surface area contributed by atoms with E-state index in [-0.39, 0.29) is 27.7 Å². The summed E-state index contributed by atoms with van der Waals surface area (Å²) in [6.07, 6.45) is 0. The van der Waals surface area contributed by atoms with Gasteiger partial charge in [-0.05, 0) is 55.8 Å². The number of nitrogens with one attached hydrogen (secondary N) is 2. The van der Waals surface area contributed by atoms with Crippen LogP contribution in [0.4, 0.5) is 15.1 Å². The Morgan fingerprint density at radius 3 is 2.31 bits per heavy atom. The van der Waals surface area contributed by atoms with E-state index < -0.39 is 23.6 Å². The van der Waals surface area contributed by atoms with E-state index in [1.807, 2.05) is 0 Å². The van der Waals surface area contributed by atoms with Gasteiger partial charge in [-0.25, -0.2) is 9.18 Å². The number of halogens is 1. The number of amides is 2. The Labute approximate surface area is 188 Å². The summed E-state index contributed by atoms with van der Waals surface area (Å²) in [5.41, 5.74) is 0.750. The van der Waals surface area contributed by atoms with Gasteiger partial charge in [0.1, 0.15) is 16.6 Å². The van der Waals surface area contributed by atoms with Crippen molar-refractivity contribution in [1.29, 1.82) is 0 Å². The van der Waals surface area contributed by atoms with Gasteiger partial charge in [0.15, 0.2) is 0 Å². The highest BCUT2D eigenvalue weighted by Gasteiger charge is 2.27. The topological polar surface area (TPSA) is 93.7 Å². The molecule has 0 saturated carbocycles. The number of methoxy groups -OCH3 is 1. The van der Waals surface area contributed by atoms with Crippen LogP contribution in [0.1, 0.15) is 42.9 Å². The Morgan fingerprint density at radius 2 is 1.69 bits per heavy atom. The van der Waals surface area contributed by atoms with Crippen molar-refractivity contribution in [2.24, 2.45) is 0 Å². The molecule has 3 aromatic rings. The fraction of sp³-hybridized carbons (Fsp3) is 0.174. The first-order chi connectivity index (χ1) is 15.3. The maximum absolute atomic E-state index is 13.9. The number of esters is 1. The molecule has 7 nitrogen and oxygen atoms in total. The number of hydrogen-bond donors (Lipinski definition) is 2. The average molecular weight is 456 g/mol. The van der Waals surface area contributed by atoms with Gasteiger partial charge in [0.25, 0.3) is 11.8 Å². The van der Waals surface area contributed by atoms with Crippen LogP contribution in [-0.4, -0.2) is 31.5 Å². The van der Waals surface area contributed by atoms with E-state index in [9.17, 15) is 18.8 Å². The smallest absolute Gasteiger partial charge is 0.341 e. The van der Waals surface area contributed by atoms with E-state index >= 15 is 0 Å². The molecule has 0 saturated heterocycles. The summed E-state index contributed by atoms with van der Waals surface area (Å²) in [7, 11) is 1.52. The second-order valence-electron chi connectivity index (χ2n) is 6.60. The van der Waals surface area contributed by atoms with E-state index in [0.29, 0.717) is 16.9 Å². The highest BCUT2D eigenvalue weighted by Crippen LogP contribution is 2.35. The van der Waals surface area contributed by atoms with E-state index in [2.05, 4.69) is 10.6 Å². The number of carbonyl (C=O) groups is 3. The molecule has 1 aromatic heterocycles. The molecule has 0 spiro atoms. The van der Waals surface area contributed by atoms with Crippen LogP contribution < -0.4 is 15.4 Å². The van der Waals surface area contributed by atoms with Crippen molar-refractivity contribution in [3.05, 3.63) is 75.9 Å². The van der Waals surface area contributed by atoms with Gasteiger partial charge in [0.05, 0.1) is 29.8 Å². The number of benzene rings is 2. The molecule has 0 aliphatic rings. The van der Waals surface area contributed by atoms with Crippen LogP contribution in [0.15, 0.2) is 48.5 Å². The Hall–Kier alpha value is -3.72. The molecular formula is C23H21FN2O5S. The number of rotatable bonds is 7. The lowest BCUT2D eigenvalue weighted by Crippen LogP contribution is -2.15. The van der Waals surface area contributed by atoms with E-state index in [1.54, 1.807) is 44.2 Å². The standard InChI is InChI=1S/C23H21FN2O5S/c1-4-31-23(29)18-13(2)19(21(28)25-17-8-6-5-7-16(17)24)32-22(18)26-20(27)14-9-11-15(30-3)12-10-14/h5-12H,4H2,1-3H3,(H,25,28)(H,26,27). The van der Waals surface area contributed by atoms with Crippen molar-refractivity contribution in [3.63, 3.8) is 0 Å². The highest BCUT2D eigenvalue weighted by molar-refractivity contribution is 7.19. The minimum absolute atomic E-state index is 0.00630. The monoisotopic (exact) mass is 456 g/mol. The zero-order valence-electron chi connectivity index (χ0n) is 17.7. The van der Waals surface area contributed by atoms with Gasteiger partial charge in [-0.1, -0.05) is 12.1 Å². The summed E-state index contributed by atoms with van der Waals surface area (Å²) >= 11 is 0.912. The molecule has 0 bridgehead atoms. The molecule has 0 radical (unpaired) electrons. The first-order valence-corrected chi connectivity index (χ1v) is 10.5. The van der Waals surface area contributed by atoms with Gasteiger partial charge in [-0.15, -0.1) is 11.3 Å². The van der Waals surface area contributed by atoms with Crippen molar-refractivity contribution >= 4 is 39.8 Å². The maximum atomic E-state index is 13.9. The molecule has 3 rings (SSSR count). The van der Waals surface area contributed by atoms with E-state index in [0.717, 1.165) is 11.3 Å². The van der Waals surface area contributed by atoms with Crippen LogP contribution in [0.25, 0.3) is 0 Å². The summed E-state index contributed by atoms with van der Waals surface area (Å²) in [5.74, 6) is -1.74. The number of para-hydroxylation sites is 1. The summed E-state index contributed by atoms with van der Waals surface area (Å²) < 4.78 is 24.1. The SMILES string of the molecule is CCOC(=O)c1c(NC(=O)c2ccc(OC)cc2)sc(C(=O)Nc2ccccc2F)c1C. The van der Waals surface area contributed by atoms with Gasteiger partial charge in [-0.2, -0.15) is 0 Å². The lowest BCUT2D eigenvalue weighted by Gasteiger charge is -2.07. The van der Waals surface area contributed by atoms with Crippen molar-refractivity contribution in [1.82, 2.24) is 0 Å². The molecule has 9 heteroatoms. The third-order valence-electron chi connectivity index (χ3n) is 4.53. The number of anilines is 2. The summed E-state index contributed by atoms with van der Waals surface area (Å²) in [5, 5.41) is 5.34. The van der Waals surface area contributed by atoms with Crippen LogP contribution in [0.2, 0.25) is 0 Å². The molecule has 1 heterocycles. The normalized spacial score (nSPS) is 10.4. The molecule has 0 fully saturated rings. The van der Waals surface area contributed by atoms with Gasteiger partial charge in [0, 0.05) is 5.56 Å². The molecule has 32 heavy (non-hydrogen) atoms. The maximum Gasteiger partial charge on any atom is 0.341 e. The van der Waals surface area contributed by atoms with Crippen LogP contribution in [-0.2, 0) is 4.74 Å². The van der Waals surface area contributed by atoms with Gasteiger partial charge in [-0.3, -0.25) is 9.59 Å². The van der Waals surface area contributed by atoms with Gasteiger partial charge in [0.2, 0.25) is 0 Å². The third-order valence-corrected chi connectivity index (χ3v) is 5.74. The van der Waals surface area contributed by atoms with Crippen LogP contribution in [0, 0.1) is 12.7 Å². The molecule has 2 aromatic carbocycles. The Kier molecular flexibility index (Phi) is 7.21. The van der Waals surface area contributed by atoms with Crippen LogP contribution >= 0.6 is 11.3 Å². The molecule has 0 aliphatic carbocycles. The number of hydrogen-bond acceptors (Lipinski definition) is 6. The fourth-order valence-corrected chi connectivity index (χ4v) is 4.01. The zero-order valence-corrected chi connectivity index (χ0v) is 18.5. The number of ether oxygens (including phenoxy) is 2. The minimum Gasteiger partial charge on any atom is -0.497 e. The molecular weight excluding hydrogens is 435 g/mol. The molecule has 0 atom stereocenters. The fourth-order valence-electron chi connectivity index (χ4n) is 2.93. The van der Waals surface area contributed by atoms with Crippen molar-refractivity contribution in [3.8, 4) is 5.75 Å². The van der Waals surface area contributed by atoms with Gasteiger partial charge >= 0.3 is 5.97 Å². The molecule has 0 aliphatic heterocycles. The quantitative estimate of drug-likeness (QED) is 0.494. The summed E-state index contributed by atoms with van der Waals surface area (Å²) in [6.45, 7) is 3.35. The lowest BCUT2D eigenvalue weighted by molar-refractivity contribution is 0.0527. The number of carbonyl (C=O) groups excluding carboxylic acids is 3. The van der Waals surface area contributed by atoms with E-state index in [4.69, 9.17) is 9.47 Å². The molecule has 166 valence electrons. The van der Waals surface area contributed by atoms with Gasteiger partial charge < -0.3 is 20.1 Å².